The predicted octanol–water partition coefficient (Wildman–Crippen LogP) is 0.997. The quantitative estimate of drug-likeness (QED) is 0.647. The number of carbonyl (C=O) groups excluding carboxylic acids is 2. The van der Waals surface area contributed by atoms with Crippen molar-refractivity contribution in [1.82, 2.24) is 0 Å². The second-order valence-electron chi connectivity index (χ2n) is 4.05. The highest BCUT2D eigenvalue weighted by Gasteiger charge is 2.55. The normalized spacial score (nSPS) is 24.4. The Labute approximate surface area is 118 Å². The fourth-order valence-electron chi connectivity index (χ4n) is 1.89. The molecule has 0 aromatic heterocycles. The summed E-state index contributed by atoms with van der Waals surface area (Å²) in [6.07, 6.45) is -2.03. The van der Waals surface area contributed by atoms with Crippen molar-refractivity contribution in [3.8, 4) is 0 Å². The van der Waals surface area contributed by atoms with Crippen molar-refractivity contribution in [2.75, 3.05) is 19.8 Å². The molecule has 7 heteroatoms. The van der Waals surface area contributed by atoms with E-state index in [0.717, 1.165) is 0 Å². The van der Waals surface area contributed by atoms with Gasteiger partial charge in [0.25, 0.3) is 5.97 Å². The van der Waals surface area contributed by atoms with E-state index in [9.17, 15) is 9.59 Å². The lowest BCUT2D eigenvalue weighted by Crippen LogP contribution is -2.39. The third-order valence-corrected chi connectivity index (χ3v) is 2.72. The Balaban J connectivity index is 2.92. The van der Waals surface area contributed by atoms with Crippen molar-refractivity contribution < 1.29 is 33.3 Å². The maximum absolute atomic E-state index is 11.9. The van der Waals surface area contributed by atoms with E-state index >= 15 is 0 Å². The molecule has 1 heterocycles. The maximum atomic E-state index is 11.9. The zero-order valence-electron chi connectivity index (χ0n) is 12.3. The van der Waals surface area contributed by atoms with Gasteiger partial charge in [0.1, 0.15) is 0 Å². The van der Waals surface area contributed by atoms with Crippen molar-refractivity contribution in [2.45, 2.75) is 52.3 Å². The van der Waals surface area contributed by atoms with Crippen LogP contribution in [0.25, 0.3) is 0 Å². The molecule has 0 amide bonds. The average Bonchev–Trinajstić information content (AvgIpc) is 2.80. The van der Waals surface area contributed by atoms with E-state index in [0.29, 0.717) is 13.0 Å². The summed E-state index contributed by atoms with van der Waals surface area (Å²) in [6.45, 7) is 7.56. The van der Waals surface area contributed by atoms with Gasteiger partial charge in [-0.05, 0) is 20.8 Å². The van der Waals surface area contributed by atoms with Crippen LogP contribution >= 0.6 is 0 Å². The van der Waals surface area contributed by atoms with Gasteiger partial charge in [0.15, 0.2) is 12.2 Å². The molecule has 7 nitrogen and oxygen atoms in total. The van der Waals surface area contributed by atoms with E-state index in [4.69, 9.17) is 23.7 Å². The Morgan fingerprint density at radius 1 is 0.900 bits per heavy atom. The van der Waals surface area contributed by atoms with Gasteiger partial charge in [-0.1, -0.05) is 6.92 Å². The molecule has 1 aliphatic heterocycles. The Morgan fingerprint density at radius 3 is 1.65 bits per heavy atom. The van der Waals surface area contributed by atoms with Gasteiger partial charge in [-0.3, -0.25) is 0 Å². The fourth-order valence-corrected chi connectivity index (χ4v) is 1.89. The van der Waals surface area contributed by atoms with E-state index in [1.807, 2.05) is 0 Å². The van der Waals surface area contributed by atoms with Gasteiger partial charge >= 0.3 is 11.9 Å². The van der Waals surface area contributed by atoms with Crippen LogP contribution in [0.4, 0.5) is 0 Å². The predicted molar refractivity (Wildman–Crippen MR) is 67.7 cm³/mol. The number of rotatable bonds is 7. The highest BCUT2D eigenvalue weighted by Crippen LogP contribution is 2.34. The summed E-state index contributed by atoms with van der Waals surface area (Å²) in [5, 5.41) is 0. The third-order valence-electron chi connectivity index (χ3n) is 2.72. The van der Waals surface area contributed by atoms with Crippen LogP contribution in [0.1, 0.15) is 34.1 Å². The summed E-state index contributed by atoms with van der Waals surface area (Å²) in [6, 6.07) is 0. The van der Waals surface area contributed by atoms with Crippen molar-refractivity contribution in [3.63, 3.8) is 0 Å². The summed E-state index contributed by atoms with van der Waals surface area (Å²) in [4.78, 5) is 23.8. The minimum absolute atomic E-state index is 0.183. The Hall–Kier alpha value is -1.18. The molecule has 2 atom stereocenters. The van der Waals surface area contributed by atoms with E-state index in [2.05, 4.69) is 0 Å². The molecule has 0 aromatic rings. The Kier molecular flexibility index (Phi) is 6.38. The lowest BCUT2D eigenvalue weighted by Gasteiger charge is -2.25. The molecule has 0 unspecified atom stereocenters. The topological polar surface area (TPSA) is 80.3 Å². The standard InChI is InChI=1S/C13H22O7/c1-5-13(18-8-4)19-9(11(14)16-6-2)10(20-13)12(15)17-7-3/h9-10H,5-8H2,1-4H3/t9-,10-/m1/s1. The monoisotopic (exact) mass is 290 g/mol. The molecule has 0 aliphatic carbocycles. The largest absolute Gasteiger partial charge is 0.464 e. The molecule has 0 saturated carbocycles. The zero-order chi connectivity index (χ0) is 15.2. The smallest absolute Gasteiger partial charge is 0.338 e. The second-order valence-corrected chi connectivity index (χ2v) is 4.05. The van der Waals surface area contributed by atoms with Crippen molar-refractivity contribution in [3.05, 3.63) is 0 Å². The van der Waals surface area contributed by atoms with E-state index in [1.165, 1.54) is 0 Å². The SMILES string of the molecule is CCOC(=O)[C@@H]1OC(CC)(OCC)O[C@H]1C(=O)OCC. The molecule has 116 valence electrons. The summed E-state index contributed by atoms with van der Waals surface area (Å²) in [5.41, 5.74) is 0. The lowest BCUT2D eigenvalue weighted by molar-refractivity contribution is -0.339. The number of hydrogen-bond donors (Lipinski definition) is 0. The molecule has 1 saturated heterocycles. The fraction of sp³-hybridized carbons (Fsp3) is 0.846. The van der Waals surface area contributed by atoms with Gasteiger partial charge in [-0.2, -0.15) is 0 Å². The summed E-state index contributed by atoms with van der Waals surface area (Å²) in [7, 11) is 0. The minimum atomic E-state index is -1.41. The van der Waals surface area contributed by atoms with Crippen LogP contribution in [0.3, 0.4) is 0 Å². The molecule has 0 N–H and O–H groups in total. The third kappa shape index (κ3) is 3.68. The summed E-state index contributed by atoms with van der Waals surface area (Å²) in [5.74, 6) is -2.75. The number of hydrogen-bond acceptors (Lipinski definition) is 7. The second kappa shape index (κ2) is 7.56. The van der Waals surface area contributed by atoms with Gasteiger partial charge in [-0.25, -0.2) is 9.59 Å². The first kappa shape index (κ1) is 16.9. The molecule has 1 rings (SSSR count). The molecular weight excluding hydrogens is 268 g/mol. The highest BCUT2D eigenvalue weighted by molar-refractivity contribution is 5.86. The summed E-state index contributed by atoms with van der Waals surface area (Å²) >= 11 is 0. The first-order chi connectivity index (χ1) is 9.53. The Bertz CT molecular complexity index is 316. The molecular formula is C13H22O7. The van der Waals surface area contributed by atoms with Crippen LogP contribution in [-0.2, 0) is 33.3 Å². The molecule has 0 bridgehead atoms. The van der Waals surface area contributed by atoms with Crippen LogP contribution in [-0.4, -0.2) is 49.9 Å². The van der Waals surface area contributed by atoms with Crippen molar-refractivity contribution >= 4 is 11.9 Å². The van der Waals surface area contributed by atoms with Gasteiger partial charge in [0, 0.05) is 13.0 Å². The van der Waals surface area contributed by atoms with Crippen molar-refractivity contribution in [1.29, 1.82) is 0 Å². The molecule has 1 fully saturated rings. The number of ether oxygens (including phenoxy) is 5. The van der Waals surface area contributed by atoms with Gasteiger partial charge in [0.2, 0.25) is 0 Å². The highest BCUT2D eigenvalue weighted by atomic mass is 16.9. The van der Waals surface area contributed by atoms with Crippen LogP contribution in [0.5, 0.6) is 0 Å². The van der Waals surface area contributed by atoms with Crippen LogP contribution < -0.4 is 0 Å². The van der Waals surface area contributed by atoms with Crippen LogP contribution in [0.15, 0.2) is 0 Å². The molecule has 20 heavy (non-hydrogen) atoms. The molecule has 0 spiro atoms. The van der Waals surface area contributed by atoms with Gasteiger partial charge in [0.05, 0.1) is 13.2 Å². The number of esters is 2. The Morgan fingerprint density at radius 2 is 1.35 bits per heavy atom. The number of carbonyl (C=O) groups is 2. The summed E-state index contributed by atoms with van der Waals surface area (Å²) < 4.78 is 26.2. The van der Waals surface area contributed by atoms with Crippen molar-refractivity contribution in [2.24, 2.45) is 0 Å². The minimum Gasteiger partial charge on any atom is -0.464 e. The zero-order valence-corrected chi connectivity index (χ0v) is 12.3. The van der Waals surface area contributed by atoms with Gasteiger partial charge in [-0.15, -0.1) is 0 Å². The van der Waals surface area contributed by atoms with Crippen LogP contribution in [0, 0.1) is 0 Å². The molecule has 0 radical (unpaired) electrons. The average molecular weight is 290 g/mol. The van der Waals surface area contributed by atoms with E-state index in [-0.39, 0.29) is 13.2 Å². The maximum Gasteiger partial charge on any atom is 0.338 e. The molecule has 0 aromatic carbocycles. The lowest BCUT2D eigenvalue weighted by atomic mass is 10.2. The first-order valence-corrected chi connectivity index (χ1v) is 6.86. The van der Waals surface area contributed by atoms with Gasteiger partial charge < -0.3 is 23.7 Å². The van der Waals surface area contributed by atoms with E-state index < -0.39 is 30.1 Å². The van der Waals surface area contributed by atoms with E-state index in [1.54, 1.807) is 27.7 Å². The first-order valence-electron chi connectivity index (χ1n) is 6.86. The molecule has 1 aliphatic rings. The van der Waals surface area contributed by atoms with Crippen LogP contribution in [0.2, 0.25) is 0 Å².